The number of carbonyl (C=O) groups is 2. The fourth-order valence-corrected chi connectivity index (χ4v) is 5.82. The average Bonchev–Trinajstić information content (AvgIpc) is 3.01. The van der Waals surface area contributed by atoms with Crippen LogP contribution in [0, 0.1) is 11.7 Å². The predicted octanol–water partition coefficient (Wildman–Crippen LogP) is 4.59. The summed E-state index contributed by atoms with van der Waals surface area (Å²) in [6.07, 6.45) is -0.685. The number of hydrogen-bond donors (Lipinski definition) is 3. The van der Waals surface area contributed by atoms with E-state index >= 15 is 0 Å². The summed E-state index contributed by atoms with van der Waals surface area (Å²) in [6, 6.07) is 14.9. The molecule has 3 aromatic rings. The lowest BCUT2D eigenvalue weighted by atomic mass is 10.0. The van der Waals surface area contributed by atoms with Crippen molar-refractivity contribution in [3.05, 3.63) is 83.1 Å². The highest BCUT2D eigenvalue weighted by Crippen LogP contribution is 2.30. The fourth-order valence-electron chi connectivity index (χ4n) is 4.64. The van der Waals surface area contributed by atoms with Gasteiger partial charge in [-0.1, -0.05) is 18.5 Å². The summed E-state index contributed by atoms with van der Waals surface area (Å²) in [6.45, 7) is 3.76. The van der Waals surface area contributed by atoms with Crippen molar-refractivity contribution in [3.63, 3.8) is 0 Å². The van der Waals surface area contributed by atoms with Gasteiger partial charge in [0.1, 0.15) is 17.7 Å². The van der Waals surface area contributed by atoms with Crippen molar-refractivity contribution in [2.75, 3.05) is 36.8 Å². The number of amides is 3. The Hall–Kier alpha value is -3.87. The molecular weight excluding hydrogens is 599 g/mol. The van der Waals surface area contributed by atoms with Gasteiger partial charge in [-0.25, -0.2) is 17.6 Å². The maximum atomic E-state index is 13.4. The summed E-state index contributed by atoms with van der Waals surface area (Å²) in [5.74, 6) is -0.590. The van der Waals surface area contributed by atoms with E-state index in [4.69, 9.17) is 16.3 Å². The van der Waals surface area contributed by atoms with Gasteiger partial charge in [-0.15, -0.1) is 0 Å². The summed E-state index contributed by atoms with van der Waals surface area (Å²) in [5, 5.41) is 13.0. The standard InChI is InChI=1S/C30H34ClFN4O6S/c1-19-16-36(20(2)18-37)29(38)15-21-14-25(34-43(40,41)26-11-4-22(31)5-12-26)10-13-27(21)42-28(19)17-35(3)30(39)33-24-8-6-23(32)7-9-24/h4-14,19-20,28,34,37H,15-18H2,1-3H3,(H,33,39)/t19-,20+,28+/m0/s1. The summed E-state index contributed by atoms with van der Waals surface area (Å²) in [4.78, 5) is 29.4. The lowest BCUT2D eigenvalue weighted by Crippen LogP contribution is -2.48. The lowest BCUT2D eigenvalue weighted by molar-refractivity contribution is -0.134. The minimum Gasteiger partial charge on any atom is -0.488 e. The first-order chi connectivity index (χ1) is 20.4. The number of nitrogens with one attached hydrogen (secondary N) is 2. The Bertz CT molecular complexity index is 1560. The number of hydrogen-bond acceptors (Lipinski definition) is 6. The van der Waals surface area contributed by atoms with Gasteiger partial charge < -0.3 is 25.0 Å². The van der Waals surface area contributed by atoms with Crippen LogP contribution < -0.4 is 14.8 Å². The molecule has 13 heteroatoms. The van der Waals surface area contributed by atoms with Gasteiger partial charge in [0, 0.05) is 41.5 Å². The molecule has 0 aromatic heterocycles. The maximum absolute atomic E-state index is 13.4. The molecule has 1 aliphatic heterocycles. The van der Waals surface area contributed by atoms with Gasteiger partial charge in [0.05, 0.1) is 30.5 Å². The molecule has 0 spiro atoms. The summed E-state index contributed by atoms with van der Waals surface area (Å²) in [7, 11) is -2.35. The van der Waals surface area contributed by atoms with Crippen LogP contribution in [0.3, 0.4) is 0 Å². The number of sulfonamides is 1. The number of halogens is 2. The van der Waals surface area contributed by atoms with E-state index in [1.165, 1.54) is 59.5 Å². The van der Waals surface area contributed by atoms with Gasteiger partial charge in [-0.05, 0) is 73.7 Å². The number of carbonyl (C=O) groups excluding carboxylic acids is 2. The van der Waals surface area contributed by atoms with E-state index in [1.807, 2.05) is 6.92 Å². The maximum Gasteiger partial charge on any atom is 0.321 e. The second kappa shape index (κ2) is 13.6. The van der Waals surface area contributed by atoms with E-state index in [0.29, 0.717) is 22.0 Å². The average molecular weight is 633 g/mol. The fraction of sp³-hybridized carbons (Fsp3) is 0.333. The van der Waals surface area contributed by atoms with E-state index in [9.17, 15) is 27.5 Å². The topological polar surface area (TPSA) is 128 Å². The molecule has 0 bridgehead atoms. The Kier molecular flexibility index (Phi) is 10.2. The van der Waals surface area contributed by atoms with Crippen LogP contribution >= 0.6 is 11.6 Å². The van der Waals surface area contributed by atoms with Crippen molar-refractivity contribution >= 4 is 44.9 Å². The molecule has 0 radical (unpaired) electrons. The van der Waals surface area contributed by atoms with Gasteiger partial charge in [-0.2, -0.15) is 0 Å². The van der Waals surface area contributed by atoms with Crippen LogP contribution in [0.25, 0.3) is 0 Å². The summed E-state index contributed by atoms with van der Waals surface area (Å²) in [5.41, 5.74) is 1.09. The van der Waals surface area contributed by atoms with Crippen molar-refractivity contribution in [1.82, 2.24) is 9.80 Å². The normalized spacial score (nSPS) is 17.9. The predicted molar refractivity (Wildman–Crippen MR) is 162 cm³/mol. The van der Waals surface area contributed by atoms with Crippen molar-refractivity contribution < 1.29 is 32.2 Å². The second-order valence-corrected chi connectivity index (χ2v) is 12.7. The highest BCUT2D eigenvalue weighted by atomic mass is 35.5. The third-order valence-electron chi connectivity index (χ3n) is 7.19. The summed E-state index contributed by atoms with van der Waals surface area (Å²) < 4.78 is 48.2. The minimum absolute atomic E-state index is 0.0200. The zero-order chi connectivity index (χ0) is 31.3. The van der Waals surface area contributed by atoms with Crippen LogP contribution in [0.5, 0.6) is 5.75 Å². The number of benzene rings is 3. The Morgan fingerprint density at radius 2 is 1.79 bits per heavy atom. The van der Waals surface area contributed by atoms with Crippen LogP contribution in [-0.2, 0) is 21.2 Å². The van der Waals surface area contributed by atoms with E-state index in [0.717, 1.165) is 0 Å². The molecule has 3 amide bonds. The molecule has 1 aliphatic rings. The number of rotatable bonds is 8. The van der Waals surface area contributed by atoms with Crippen LogP contribution in [0.4, 0.5) is 20.6 Å². The minimum atomic E-state index is -3.94. The van der Waals surface area contributed by atoms with Crippen molar-refractivity contribution in [2.45, 2.75) is 37.3 Å². The number of likely N-dealkylation sites (N-methyl/N-ethyl adjacent to an activating group) is 1. The SMILES string of the molecule is C[C@H](CO)N1C[C@H](C)[C@@H](CN(C)C(=O)Nc2ccc(F)cc2)Oc2ccc(NS(=O)(=O)c3ccc(Cl)cc3)cc2CC1=O. The summed E-state index contributed by atoms with van der Waals surface area (Å²) >= 11 is 5.90. The van der Waals surface area contributed by atoms with Crippen LogP contribution in [-0.4, -0.2) is 74.2 Å². The molecule has 3 N–H and O–H groups in total. The van der Waals surface area contributed by atoms with Gasteiger partial charge >= 0.3 is 6.03 Å². The third-order valence-corrected chi connectivity index (χ3v) is 8.84. The molecule has 1 heterocycles. The number of anilines is 2. The van der Waals surface area contributed by atoms with Gasteiger partial charge in [0.15, 0.2) is 0 Å². The molecule has 10 nitrogen and oxygen atoms in total. The molecule has 0 saturated heterocycles. The number of aliphatic hydroxyl groups is 1. The van der Waals surface area contributed by atoms with E-state index < -0.39 is 34.0 Å². The van der Waals surface area contributed by atoms with E-state index in [1.54, 1.807) is 31.0 Å². The van der Waals surface area contributed by atoms with Crippen LogP contribution in [0.15, 0.2) is 71.6 Å². The molecule has 43 heavy (non-hydrogen) atoms. The van der Waals surface area contributed by atoms with Crippen LogP contribution in [0.2, 0.25) is 5.02 Å². The van der Waals surface area contributed by atoms with Gasteiger partial charge in [0.25, 0.3) is 10.0 Å². The zero-order valence-electron chi connectivity index (χ0n) is 24.0. The monoisotopic (exact) mass is 632 g/mol. The first-order valence-corrected chi connectivity index (χ1v) is 15.5. The molecule has 0 unspecified atom stereocenters. The van der Waals surface area contributed by atoms with Gasteiger partial charge in [0.2, 0.25) is 5.91 Å². The lowest BCUT2D eigenvalue weighted by Gasteiger charge is -2.34. The second-order valence-electron chi connectivity index (χ2n) is 10.6. The van der Waals surface area contributed by atoms with Crippen LogP contribution in [0.1, 0.15) is 19.4 Å². The molecule has 0 saturated carbocycles. The number of urea groups is 1. The highest BCUT2D eigenvalue weighted by molar-refractivity contribution is 7.92. The van der Waals surface area contributed by atoms with E-state index in [2.05, 4.69) is 10.0 Å². The Balaban J connectivity index is 1.61. The number of nitrogens with zero attached hydrogens (tertiary/aromatic N) is 2. The zero-order valence-corrected chi connectivity index (χ0v) is 25.5. The molecule has 0 fully saturated rings. The number of aliphatic hydroxyl groups excluding tert-OH is 1. The quantitative estimate of drug-likeness (QED) is 0.333. The first-order valence-electron chi connectivity index (χ1n) is 13.6. The highest BCUT2D eigenvalue weighted by Gasteiger charge is 2.32. The first kappa shape index (κ1) is 32.1. The molecular formula is C30H34ClFN4O6S. The van der Waals surface area contributed by atoms with Crippen molar-refractivity contribution in [2.24, 2.45) is 5.92 Å². The third kappa shape index (κ3) is 8.15. The Labute approximate surface area is 255 Å². The van der Waals surface area contributed by atoms with Crippen molar-refractivity contribution in [1.29, 1.82) is 0 Å². The molecule has 3 atom stereocenters. The number of fused-ring (bicyclic) bond motifs is 1. The van der Waals surface area contributed by atoms with Gasteiger partial charge in [-0.3, -0.25) is 9.52 Å². The van der Waals surface area contributed by atoms with E-state index in [-0.39, 0.29) is 48.5 Å². The number of ether oxygens (including phenoxy) is 1. The largest absolute Gasteiger partial charge is 0.488 e. The molecule has 0 aliphatic carbocycles. The Morgan fingerprint density at radius 3 is 2.44 bits per heavy atom. The smallest absolute Gasteiger partial charge is 0.321 e. The molecule has 4 rings (SSSR count). The van der Waals surface area contributed by atoms with Crippen molar-refractivity contribution in [3.8, 4) is 5.75 Å². The molecule has 230 valence electrons. The Morgan fingerprint density at radius 1 is 1.14 bits per heavy atom. The molecule has 3 aromatic carbocycles.